The van der Waals surface area contributed by atoms with Gasteiger partial charge in [-0.15, -0.1) is 0 Å². The van der Waals surface area contributed by atoms with E-state index in [1.165, 1.54) is 6.07 Å². The number of phenolic OH excluding ortho intramolecular Hbond substituents is 1. The fourth-order valence-electron chi connectivity index (χ4n) is 1.86. The molecule has 2 rings (SSSR count). The minimum absolute atomic E-state index is 0.0718. The van der Waals surface area contributed by atoms with Gasteiger partial charge in [0.1, 0.15) is 11.6 Å². The lowest BCUT2D eigenvalue weighted by molar-refractivity contribution is 0.473. The van der Waals surface area contributed by atoms with Crippen LogP contribution in [0, 0.1) is 19.7 Å². The highest BCUT2D eigenvalue weighted by Crippen LogP contribution is 2.30. The van der Waals surface area contributed by atoms with Gasteiger partial charge in [-0.1, -0.05) is 6.07 Å². The van der Waals surface area contributed by atoms with Gasteiger partial charge in [0.25, 0.3) is 10.0 Å². The number of nitrogens with one attached hydrogen (secondary N) is 1. The van der Waals surface area contributed by atoms with E-state index in [9.17, 15) is 17.9 Å². The Kier molecular flexibility index (Phi) is 3.67. The molecule has 4 nitrogen and oxygen atoms in total. The van der Waals surface area contributed by atoms with Gasteiger partial charge >= 0.3 is 0 Å². The Morgan fingerprint density at radius 3 is 2.30 bits per heavy atom. The molecule has 0 spiro atoms. The molecule has 0 bridgehead atoms. The van der Waals surface area contributed by atoms with Gasteiger partial charge in [-0.3, -0.25) is 4.72 Å². The average molecular weight is 295 g/mol. The van der Waals surface area contributed by atoms with Crippen molar-refractivity contribution in [1.82, 2.24) is 0 Å². The van der Waals surface area contributed by atoms with Crippen molar-refractivity contribution in [1.29, 1.82) is 0 Å². The third-order valence-corrected chi connectivity index (χ3v) is 4.19. The monoisotopic (exact) mass is 295 g/mol. The summed E-state index contributed by atoms with van der Waals surface area (Å²) in [6.45, 7) is 3.47. The zero-order valence-corrected chi connectivity index (χ0v) is 11.8. The van der Waals surface area contributed by atoms with Crippen LogP contribution in [-0.4, -0.2) is 13.5 Å². The Morgan fingerprint density at radius 2 is 1.70 bits per heavy atom. The number of aryl methyl sites for hydroxylation is 2. The predicted molar refractivity (Wildman–Crippen MR) is 74.8 cm³/mol. The molecule has 0 saturated carbocycles. The van der Waals surface area contributed by atoms with Crippen molar-refractivity contribution >= 4 is 15.7 Å². The van der Waals surface area contributed by atoms with Crippen molar-refractivity contribution in [2.75, 3.05) is 4.72 Å². The van der Waals surface area contributed by atoms with Gasteiger partial charge in [0, 0.05) is 0 Å². The highest BCUT2D eigenvalue weighted by Gasteiger charge is 2.17. The minimum atomic E-state index is -3.86. The number of hydrogen-bond acceptors (Lipinski definition) is 3. The Balaban J connectivity index is 2.41. The van der Waals surface area contributed by atoms with Gasteiger partial charge in [-0.25, -0.2) is 12.8 Å². The van der Waals surface area contributed by atoms with Crippen LogP contribution in [-0.2, 0) is 10.0 Å². The van der Waals surface area contributed by atoms with Gasteiger partial charge in [-0.2, -0.15) is 0 Å². The highest BCUT2D eigenvalue weighted by molar-refractivity contribution is 7.92. The lowest BCUT2D eigenvalue weighted by atomic mass is 10.1. The number of halogens is 1. The van der Waals surface area contributed by atoms with Crippen LogP contribution in [0.15, 0.2) is 41.3 Å². The fraction of sp³-hybridized carbons (Fsp3) is 0.143. The Labute approximate surface area is 116 Å². The third-order valence-electron chi connectivity index (χ3n) is 2.81. The molecular formula is C14H14FNO3S. The molecule has 0 aliphatic rings. The van der Waals surface area contributed by atoms with E-state index in [0.29, 0.717) is 5.56 Å². The van der Waals surface area contributed by atoms with Crippen molar-refractivity contribution in [3.63, 3.8) is 0 Å². The third kappa shape index (κ3) is 2.91. The van der Waals surface area contributed by atoms with Crippen LogP contribution < -0.4 is 4.72 Å². The number of aromatic hydroxyl groups is 1. The summed E-state index contributed by atoms with van der Waals surface area (Å²) < 4.78 is 39.4. The quantitative estimate of drug-likeness (QED) is 0.856. The molecule has 0 unspecified atom stereocenters. The van der Waals surface area contributed by atoms with E-state index in [-0.39, 0.29) is 16.3 Å². The van der Waals surface area contributed by atoms with Crippen LogP contribution in [0.3, 0.4) is 0 Å². The second-order valence-corrected chi connectivity index (χ2v) is 6.22. The highest BCUT2D eigenvalue weighted by atomic mass is 32.2. The summed E-state index contributed by atoms with van der Waals surface area (Å²) in [5.74, 6) is -0.639. The zero-order chi connectivity index (χ0) is 14.9. The maximum atomic E-state index is 12.8. The Hall–Kier alpha value is -2.08. The largest absolute Gasteiger partial charge is 0.505 e. The fourth-order valence-corrected chi connectivity index (χ4v) is 2.91. The summed E-state index contributed by atoms with van der Waals surface area (Å²) in [4.78, 5) is -0.0718. The first-order valence-corrected chi connectivity index (χ1v) is 7.36. The first kappa shape index (κ1) is 14.3. The van der Waals surface area contributed by atoms with Gasteiger partial charge in [0.2, 0.25) is 0 Å². The summed E-state index contributed by atoms with van der Waals surface area (Å²) >= 11 is 0. The minimum Gasteiger partial charge on any atom is -0.505 e. The Bertz CT molecular complexity index is 740. The van der Waals surface area contributed by atoms with Crippen LogP contribution in [0.25, 0.3) is 0 Å². The zero-order valence-electron chi connectivity index (χ0n) is 11.0. The standard InChI is InChI=1S/C14H14FNO3S/c1-9-7-10(2)14(17)13(8-9)16-20(18,19)12-5-3-11(15)4-6-12/h3-8,16-17H,1-2H3. The van der Waals surface area contributed by atoms with Gasteiger partial charge in [0.15, 0.2) is 0 Å². The summed E-state index contributed by atoms with van der Waals surface area (Å²) in [6, 6.07) is 7.73. The Morgan fingerprint density at radius 1 is 1.10 bits per heavy atom. The van der Waals surface area contributed by atoms with Crippen LogP contribution in [0.5, 0.6) is 5.75 Å². The SMILES string of the molecule is Cc1cc(C)c(O)c(NS(=O)(=O)c2ccc(F)cc2)c1. The normalized spacial score (nSPS) is 11.3. The summed E-state index contributed by atoms with van der Waals surface area (Å²) in [5.41, 5.74) is 1.49. The predicted octanol–water partition coefficient (Wildman–Crippen LogP) is 2.95. The summed E-state index contributed by atoms with van der Waals surface area (Å²) in [5, 5.41) is 9.89. The van der Waals surface area contributed by atoms with E-state index in [2.05, 4.69) is 4.72 Å². The lowest BCUT2D eigenvalue weighted by Crippen LogP contribution is -2.13. The molecule has 0 aliphatic heterocycles. The molecule has 6 heteroatoms. The van der Waals surface area contributed by atoms with Crippen molar-refractivity contribution in [2.24, 2.45) is 0 Å². The maximum Gasteiger partial charge on any atom is 0.262 e. The number of hydrogen-bond donors (Lipinski definition) is 2. The molecule has 20 heavy (non-hydrogen) atoms. The molecule has 2 aromatic rings. The maximum absolute atomic E-state index is 12.8. The van der Waals surface area contributed by atoms with Crippen molar-refractivity contribution < 1.29 is 17.9 Å². The molecule has 0 saturated heterocycles. The second-order valence-electron chi connectivity index (χ2n) is 4.54. The van der Waals surface area contributed by atoms with Gasteiger partial charge in [0.05, 0.1) is 10.6 Å². The molecule has 0 aromatic heterocycles. The van der Waals surface area contributed by atoms with Gasteiger partial charge < -0.3 is 5.11 Å². The number of rotatable bonds is 3. The summed E-state index contributed by atoms with van der Waals surface area (Å²) in [7, 11) is -3.86. The van der Waals surface area contributed by atoms with Crippen LogP contribution in [0.4, 0.5) is 10.1 Å². The molecule has 0 heterocycles. The van der Waals surface area contributed by atoms with Crippen LogP contribution in [0.2, 0.25) is 0 Å². The first-order valence-electron chi connectivity index (χ1n) is 5.88. The second kappa shape index (κ2) is 5.13. The van der Waals surface area contributed by atoms with E-state index in [1.54, 1.807) is 19.9 Å². The molecule has 0 fully saturated rings. The number of benzene rings is 2. The van der Waals surface area contributed by atoms with Crippen LogP contribution >= 0.6 is 0 Å². The smallest absolute Gasteiger partial charge is 0.262 e. The molecule has 106 valence electrons. The number of anilines is 1. The van der Waals surface area contributed by atoms with E-state index < -0.39 is 15.8 Å². The molecule has 0 atom stereocenters. The van der Waals surface area contributed by atoms with Crippen molar-refractivity contribution in [2.45, 2.75) is 18.7 Å². The van der Waals surface area contributed by atoms with Gasteiger partial charge in [-0.05, 0) is 55.3 Å². The molecule has 0 aliphatic carbocycles. The molecule has 0 amide bonds. The number of phenols is 1. The topological polar surface area (TPSA) is 66.4 Å². The van der Waals surface area contributed by atoms with E-state index in [4.69, 9.17) is 0 Å². The first-order chi connectivity index (χ1) is 9.29. The van der Waals surface area contributed by atoms with E-state index >= 15 is 0 Å². The van der Waals surface area contributed by atoms with E-state index in [1.807, 2.05) is 0 Å². The molecule has 2 aromatic carbocycles. The van der Waals surface area contributed by atoms with E-state index in [0.717, 1.165) is 29.8 Å². The van der Waals surface area contributed by atoms with Crippen molar-refractivity contribution in [3.05, 3.63) is 53.3 Å². The molecule has 0 radical (unpaired) electrons. The lowest BCUT2D eigenvalue weighted by Gasteiger charge is -2.12. The number of sulfonamides is 1. The molecule has 2 N–H and O–H groups in total. The van der Waals surface area contributed by atoms with Crippen molar-refractivity contribution in [3.8, 4) is 5.75 Å². The average Bonchev–Trinajstić information content (AvgIpc) is 2.35. The van der Waals surface area contributed by atoms with Crippen LogP contribution in [0.1, 0.15) is 11.1 Å². The summed E-state index contributed by atoms with van der Waals surface area (Å²) in [6.07, 6.45) is 0. The molecular weight excluding hydrogens is 281 g/mol.